The van der Waals surface area contributed by atoms with Gasteiger partial charge in [-0.3, -0.25) is 14.9 Å². The molecule has 1 N–H and O–H groups in total. The Hall–Kier alpha value is -1.00. The van der Waals surface area contributed by atoms with Gasteiger partial charge < -0.3 is 5.11 Å². The SMILES string of the molecule is C[C@@H](c1cnccn1)N1CCCC[C@H]1CO. The molecule has 0 aliphatic carbocycles. The van der Waals surface area contributed by atoms with Crippen LogP contribution in [0.3, 0.4) is 0 Å². The highest BCUT2D eigenvalue weighted by atomic mass is 16.3. The van der Waals surface area contributed by atoms with Gasteiger partial charge in [0.2, 0.25) is 0 Å². The molecule has 1 aromatic rings. The van der Waals surface area contributed by atoms with Crippen molar-refractivity contribution in [3.63, 3.8) is 0 Å². The Balaban J connectivity index is 2.10. The number of piperidine rings is 1. The molecule has 4 nitrogen and oxygen atoms in total. The van der Waals surface area contributed by atoms with E-state index in [4.69, 9.17) is 0 Å². The van der Waals surface area contributed by atoms with Gasteiger partial charge in [0.15, 0.2) is 0 Å². The molecule has 0 unspecified atom stereocenters. The van der Waals surface area contributed by atoms with E-state index in [0.29, 0.717) is 0 Å². The number of aromatic nitrogens is 2. The van der Waals surface area contributed by atoms with Crippen LogP contribution in [0.25, 0.3) is 0 Å². The van der Waals surface area contributed by atoms with E-state index >= 15 is 0 Å². The highest BCUT2D eigenvalue weighted by Gasteiger charge is 2.27. The summed E-state index contributed by atoms with van der Waals surface area (Å²) >= 11 is 0. The molecule has 2 rings (SSSR count). The van der Waals surface area contributed by atoms with Gasteiger partial charge in [0.25, 0.3) is 0 Å². The third kappa shape index (κ3) is 2.39. The molecule has 88 valence electrons. The van der Waals surface area contributed by atoms with Crippen LogP contribution in [0.2, 0.25) is 0 Å². The van der Waals surface area contributed by atoms with E-state index < -0.39 is 0 Å². The zero-order chi connectivity index (χ0) is 11.4. The first-order valence-corrected chi connectivity index (χ1v) is 5.95. The minimum Gasteiger partial charge on any atom is -0.395 e. The zero-order valence-electron chi connectivity index (χ0n) is 9.71. The number of aliphatic hydroxyl groups is 1. The van der Waals surface area contributed by atoms with Gasteiger partial charge in [-0.05, 0) is 26.3 Å². The summed E-state index contributed by atoms with van der Waals surface area (Å²) in [6.07, 6.45) is 8.74. The monoisotopic (exact) mass is 221 g/mol. The summed E-state index contributed by atoms with van der Waals surface area (Å²) in [5.74, 6) is 0. The molecule has 0 bridgehead atoms. The Morgan fingerprint density at radius 2 is 2.38 bits per heavy atom. The van der Waals surface area contributed by atoms with Gasteiger partial charge in [-0.15, -0.1) is 0 Å². The summed E-state index contributed by atoms with van der Waals surface area (Å²) in [7, 11) is 0. The average molecular weight is 221 g/mol. The van der Waals surface area contributed by atoms with E-state index in [-0.39, 0.29) is 18.7 Å². The molecular weight excluding hydrogens is 202 g/mol. The summed E-state index contributed by atoms with van der Waals surface area (Å²) < 4.78 is 0. The van der Waals surface area contributed by atoms with Gasteiger partial charge in [0.05, 0.1) is 18.3 Å². The number of aliphatic hydroxyl groups excluding tert-OH is 1. The number of nitrogens with zero attached hydrogens (tertiary/aromatic N) is 3. The van der Waals surface area contributed by atoms with E-state index in [9.17, 15) is 5.11 Å². The maximum absolute atomic E-state index is 9.38. The normalized spacial score (nSPS) is 24.2. The lowest BCUT2D eigenvalue weighted by Crippen LogP contribution is -2.43. The largest absolute Gasteiger partial charge is 0.395 e. The van der Waals surface area contributed by atoms with Crippen LogP contribution in [0.4, 0.5) is 0 Å². The zero-order valence-corrected chi connectivity index (χ0v) is 9.71. The third-order valence-electron chi connectivity index (χ3n) is 3.39. The van der Waals surface area contributed by atoms with Gasteiger partial charge >= 0.3 is 0 Å². The predicted molar refractivity (Wildman–Crippen MR) is 61.9 cm³/mol. The van der Waals surface area contributed by atoms with Crippen molar-refractivity contribution >= 4 is 0 Å². The molecule has 2 atom stereocenters. The Bertz CT molecular complexity index is 317. The van der Waals surface area contributed by atoms with Gasteiger partial charge in [-0.2, -0.15) is 0 Å². The Labute approximate surface area is 96.3 Å². The molecule has 4 heteroatoms. The van der Waals surface area contributed by atoms with Crippen LogP contribution >= 0.6 is 0 Å². The van der Waals surface area contributed by atoms with Crippen LogP contribution in [-0.4, -0.2) is 39.2 Å². The summed E-state index contributed by atoms with van der Waals surface area (Å²) in [5.41, 5.74) is 0.989. The fourth-order valence-electron chi connectivity index (χ4n) is 2.43. The quantitative estimate of drug-likeness (QED) is 0.838. The molecule has 0 radical (unpaired) electrons. The number of hydrogen-bond donors (Lipinski definition) is 1. The highest BCUT2D eigenvalue weighted by Crippen LogP contribution is 2.26. The van der Waals surface area contributed by atoms with Crippen molar-refractivity contribution in [2.24, 2.45) is 0 Å². The van der Waals surface area contributed by atoms with Crippen LogP contribution in [0.5, 0.6) is 0 Å². The average Bonchev–Trinajstić information content (AvgIpc) is 2.39. The van der Waals surface area contributed by atoms with Crippen molar-refractivity contribution in [1.29, 1.82) is 0 Å². The number of hydrogen-bond acceptors (Lipinski definition) is 4. The van der Waals surface area contributed by atoms with Crippen LogP contribution < -0.4 is 0 Å². The molecule has 1 saturated heterocycles. The van der Waals surface area contributed by atoms with Gasteiger partial charge in [-0.25, -0.2) is 0 Å². The van der Waals surface area contributed by atoms with Crippen molar-refractivity contribution in [2.45, 2.75) is 38.3 Å². The molecule has 0 amide bonds. The van der Waals surface area contributed by atoms with Crippen LogP contribution in [0.15, 0.2) is 18.6 Å². The number of rotatable bonds is 3. The molecule has 1 aliphatic heterocycles. The molecule has 1 aromatic heterocycles. The predicted octanol–water partition coefficient (Wildman–Crippen LogP) is 1.38. The first kappa shape index (κ1) is 11.5. The molecule has 1 aliphatic rings. The van der Waals surface area contributed by atoms with Crippen molar-refractivity contribution in [2.75, 3.05) is 13.2 Å². The number of likely N-dealkylation sites (tertiary alicyclic amines) is 1. The second kappa shape index (κ2) is 5.37. The first-order chi connectivity index (χ1) is 7.83. The fraction of sp³-hybridized carbons (Fsp3) is 0.667. The standard InChI is InChI=1S/C12H19N3O/c1-10(12-8-13-5-6-14-12)15-7-3-2-4-11(15)9-16/h5-6,8,10-11,16H,2-4,7,9H2,1H3/t10-,11-/m0/s1. The maximum Gasteiger partial charge on any atom is 0.0755 e. The smallest absolute Gasteiger partial charge is 0.0755 e. The summed E-state index contributed by atoms with van der Waals surface area (Å²) in [4.78, 5) is 10.8. The van der Waals surface area contributed by atoms with Crippen molar-refractivity contribution in [3.8, 4) is 0 Å². The molecule has 0 spiro atoms. The minimum atomic E-state index is 0.241. The Kier molecular flexibility index (Phi) is 3.85. The van der Waals surface area contributed by atoms with Crippen molar-refractivity contribution in [3.05, 3.63) is 24.3 Å². The maximum atomic E-state index is 9.38. The Morgan fingerprint density at radius 1 is 1.50 bits per heavy atom. The van der Waals surface area contributed by atoms with Crippen molar-refractivity contribution in [1.82, 2.24) is 14.9 Å². The lowest BCUT2D eigenvalue weighted by atomic mass is 10.00. The molecule has 0 saturated carbocycles. The van der Waals surface area contributed by atoms with E-state index in [0.717, 1.165) is 18.7 Å². The van der Waals surface area contributed by atoms with Gasteiger partial charge in [0, 0.05) is 24.6 Å². The first-order valence-electron chi connectivity index (χ1n) is 5.95. The summed E-state index contributed by atoms with van der Waals surface area (Å²) in [5, 5.41) is 9.38. The van der Waals surface area contributed by atoms with Crippen LogP contribution in [0.1, 0.15) is 37.9 Å². The Morgan fingerprint density at radius 3 is 3.06 bits per heavy atom. The molecule has 2 heterocycles. The molecule has 16 heavy (non-hydrogen) atoms. The van der Waals surface area contributed by atoms with Crippen molar-refractivity contribution < 1.29 is 5.11 Å². The third-order valence-corrected chi connectivity index (χ3v) is 3.39. The van der Waals surface area contributed by atoms with E-state index in [1.54, 1.807) is 12.4 Å². The summed E-state index contributed by atoms with van der Waals surface area (Å²) in [6, 6.07) is 0.525. The molecular formula is C12H19N3O. The minimum absolute atomic E-state index is 0.241. The molecule has 1 fully saturated rings. The fourth-order valence-corrected chi connectivity index (χ4v) is 2.43. The van der Waals surface area contributed by atoms with Crippen LogP contribution in [-0.2, 0) is 0 Å². The van der Waals surface area contributed by atoms with Gasteiger partial charge in [-0.1, -0.05) is 6.42 Å². The van der Waals surface area contributed by atoms with E-state index in [1.807, 2.05) is 6.20 Å². The van der Waals surface area contributed by atoms with E-state index in [1.165, 1.54) is 12.8 Å². The van der Waals surface area contributed by atoms with Crippen LogP contribution in [0, 0.1) is 0 Å². The molecule has 0 aromatic carbocycles. The summed E-state index contributed by atoms with van der Waals surface area (Å²) in [6.45, 7) is 3.42. The highest BCUT2D eigenvalue weighted by molar-refractivity contribution is 5.02. The second-order valence-electron chi connectivity index (χ2n) is 4.38. The lowest BCUT2D eigenvalue weighted by molar-refractivity contribution is 0.0572. The lowest BCUT2D eigenvalue weighted by Gasteiger charge is -2.38. The van der Waals surface area contributed by atoms with E-state index in [2.05, 4.69) is 21.8 Å². The topological polar surface area (TPSA) is 49.2 Å². The second-order valence-corrected chi connectivity index (χ2v) is 4.38. The van der Waals surface area contributed by atoms with Gasteiger partial charge in [0.1, 0.15) is 0 Å².